The normalized spacial score (nSPS) is 23.9. The molecule has 2 N–H and O–H groups in total. The van der Waals surface area contributed by atoms with Crippen LogP contribution in [0.5, 0.6) is 0 Å². The molecule has 28 heavy (non-hydrogen) atoms. The van der Waals surface area contributed by atoms with Crippen LogP contribution in [0.25, 0.3) is 0 Å². The molecule has 1 saturated heterocycles. The van der Waals surface area contributed by atoms with Gasteiger partial charge < -0.3 is 10.6 Å². The number of hydrogen-bond acceptors (Lipinski definition) is 4. The Morgan fingerprint density at radius 2 is 1.68 bits per heavy atom. The molecule has 2 atom stereocenters. The molecule has 1 aliphatic heterocycles. The summed E-state index contributed by atoms with van der Waals surface area (Å²) in [4.78, 5) is 28.7. The van der Waals surface area contributed by atoms with E-state index in [1.54, 1.807) is 12.1 Å². The van der Waals surface area contributed by atoms with Gasteiger partial charge in [0.05, 0.1) is 13.1 Å². The molecule has 0 radical (unpaired) electrons. The molecule has 6 nitrogen and oxygen atoms in total. The quantitative estimate of drug-likeness (QED) is 0.781. The highest BCUT2D eigenvalue weighted by molar-refractivity contribution is 5.92. The number of halogens is 1. The van der Waals surface area contributed by atoms with Crippen molar-refractivity contribution in [1.29, 1.82) is 0 Å². The fourth-order valence-electron chi connectivity index (χ4n) is 4.06. The number of carbonyl (C=O) groups is 2. The molecule has 2 amide bonds. The highest BCUT2D eigenvalue weighted by Gasteiger charge is 2.25. The van der Waals surface area contributed by atoms with Gasteiger partial charge in [-0.1, -0.05) is 25.8 Å². The second kappa shape index (κ2) is 9.98. The van der Waals surface area contributed by atoms with E-state index in [9.17, 15) is 14.0 Å². The molecule has 154 valence electrons. The van der Waals surface area contributed by atoms with Crippen molar-refractivity contribution in [1.82, 2.24) is 15.1 Å². The molecule has 3 rings (SSSR count). The largest absolute Gasteiger partial charge is 0.352 e. The maximum absolute atomic E-state index is 13.2. The Labute approximate surface area is 166 Å². The summed E-state index contributed by atoms with van der Waals surface area (Å²) < 4.78 is 13.2. The van der Waals surface area contributed by atoms with Gasteiger partial charge in [0.1, 0.15) is 5.82 Å². The predicted molar refractivity (Wildman–Crippen MR) is 107 cm³/mol. The number of nitrogens with zero attached hydrogens (tertiary/aromatic N) is 2. The molecule has 0 unspecified atom stereocenters. The van der Waals surface area contributed by atoms with Gasteiger partial charge in [-0.15, -0.1) is 0 Å². The first-order valence-electron chi connectivity index (χ1n) is 10.3. The Morgan fingerprint density at radius 3 is 2.32 bits per heavy atom. The lowest BCUT2D eigenvalue weighted by Crippen LogP contribution is -2.52. The first-order chi connectivity index (χ1) is 13.5. The van der Waals surface area contributed by atoms with Gasteiger partial charge in [-0.2, -0.15) is 0 Å². The third-order valence-electron chi connectivity index (χ3n) is 5.77. The molecule has 2 fully saturated rings. The second-order valence-electron chi connectivity index (χ2n) is 8.05. The number of piperazine rings is 1. The van der Waals surface area contributed by atoms with E-state index in [1.807, 2.05) is 0 Å². The van der Waals surface area contributed by atoms with Gasteiger partial charge in [-0.05, 0) is 37.0 Å². The topological polar surface area (TPSA) is 64.7 Å². The zero-order chi connectivity index (χ0) is 19.9. The lowest BCUT2D eigenvalue weighted by atomic mass is 9.86. The Bertz CT molecular complexity index is 676. The predicted octanol–water partition coefficient (Wildman–Crippen LogP) is 2.08. The van der Waals surface area contributed by atoms with E-state index >= 15 is 0 Å². The van der Waals surface area contributed by atoms with E-state index in [0.717, 1.165) is 32.6 Å². The SMILES string of the molecule is C[C@H]1CCCC[C@@H]1NC(=O)CN1CCN(CC(=O)Nc2cccc(F)c2)CC1. The van der Waals surface area contributed by atoms with Gasteiger partial charge in [0.15, 0.2) is 0 Å². The first kappa shape index (κ1) is 20.7. The van der Waals surface area contributed by atoms with Crippen molar-refractivity contribution in [2.45, 2.75) is 38.6 Å². The van der Waals surface area contributed by atoms with E-state index < -0.39 is 0 Å². The van der Waals surface area contributed by atoms with Gasteiger partial charge in [0.2, 0.25) is 11.8 Å². The number of anilines is 1. The summed E-state index contributed by atoms with van der Waals surface area (Å²) >= 11 is 0. The molecule has 2 aliphatic rings. The van der Waals surface area contributed by atoms with Crippen LogP contribution >= 0.6 is 0 Å². The number of amides is 2. The molecular weight excluding hydrogens is 359 g/mol. The van der Waals surface area contributed by atoms with E-state index in [0.29, 0.717) is 24.2 Å². The van der Waals surface area contributed by atoms with Crippen molar-refractivity contribution in [2.75, 3.05) is 44.6 Å². The smallest absolute Gasteiger partial charge is 0.238 e. The van der Waals surface area contributed by atoms with Crippen LogP contribution in [0.3, 0.4) is 0 Å². The number of hydrogen-bond donors (Lipinski definition) is 2. The zero-order valence-electron chi connectivity index (χ0n) is 16.6. The summed E-state index contributed by atoms with van der Waals surface area (Å²) in [6.07, 6.45) is 4.75. The van der Waals surface area contributed by atoms with Crippen LogP contribution in [0.2, 0.25) is 0 Å². The summed E-state index contributed by atoms with van der Waals surface area (Å²) in [7, 11) is 0. The maximum atomic E-state index is 13.2. The summed E-state index contributed by atoms with van der Waals surface area (Å²) in [5, 5.41) is 5.93. The Hall–Kier alpha value is -1.99. The van der Waals surface area contributed by atoms with E-state index in [4.69, 9.17) is 0 Å². The van der Waals surface area contributed by atoms with Gasteiger partial charge >= 0.3 is 0 Å². The van der Waals surface area contributed by atoms with Gasteiger partial charge in [-0.3, -0.25) is 19.4 Å². The molecule has 1 saturated carbocycles. The third kappa shape index (κ3) is 6.27. The number of rotatable bonds is 6. The molecule has 0 aromatic heterocycles. The molecule has 1 heterocycles. The molecule has 7 heteroatoms. The minimum absolute atomic E-state index is 0.107. The highest BCUT2D eigenvalue weighted by atomic mass is 19.1. The lowest BCUT2D eigenvalue weighted by molar-refractivity contribution is -0.124. The average molecular weight is 391 g/mol. The second-order valence-corrected chi connectivity index (χ2v) is 8.05. The zero-order valence-corrected chi connectivity index (χ0v) is 16.6. The Morgan fingerprint density at radius 1 is 1.04 bits per heavy atom. The summed E-state index contributed by atoms with van der Waals surface area (Å²) in [5.74, 6) is 0.151. The van der Waals surface area contributed by atoms with Crippen LogP contribution in [-0.4, -0.2) is 66.9 Å². The van der Waals surface area contributed by atoms with Gasteiger partial charge in [-0.25, -0.2) is 4.39 Å². The summed E-state index contributed by atoms with van der Waals surface area (Å²) in [5.41, 5.74) is 0.470. The minimum atomic E-state index is -0.368. The van der Waals surface area contributed by atoms with E-state index in [2.05, 4.69) is 27.4 Å². The molecular formula is C21H31FN4O2. The fraction of sp³-hybridized carbons (Fsp3) is 0.619. The van der Waals surface area contributed by atoms with Crippen LogP contribution in [0, 0.1) is 11.7 Å². The Balaban J connectivity index is 1.36. The average Bonchev–Trinajstić information content (AvgIpc) is 2.65. The van der Waals surface area contributed by atoms with Crippen LogP contribution in [0.15, 0.2) is 24.3 Å². The Kier molecular flexibility index (Phi) is 7.39. The molecule has 1 aliphatic carbocycles. The van der Waals surface area contributed by atoms with Crippen LogP contribution in [-0.2, 0) is 9.59 Å². The summed E-state index contributed by atoms with van der Waals surface area (Å²) in [6, 6.07) is 6.21. The number of carbonyl (C=O) groups excluding carboxylic acids is 2. The van der Waals surface area contributed by atoms with Crippen molar-refractivity contribution in [2.24, 2.45) is 5.92 Å². The van der Waals surface area contributed by atoms with Gasteiger partial charge in [0.25, 0.3) is 0 Å². The standard InChI is InChI=1S/C21H31FN4O2/c1-16-5-2-3-8-19(16)24-21(28)15-26-11-9-25(10-12-26)14-20(27)23-18-7-4-6-17(22)13-18/h4,6-7,13,16,19H,2-3,5,8-12,14-15H2,1H3,(H,23,27)(H,24,28)/t16-,19-/m0/s1. The summed E-state index contributed by atoms with van der Waals surface area (Å²) in [6.45, 7) is 5.93. The van der Waals surface area contributed by atoms with Crippen LogP contribution < -0.4 is 10.6 Å². The maximum Gasteiger partial charge on any atom is 0.238 e. The molecule has 0 spiro atoms. The van der Waals surface area contributed by atoms with Crippen LogP contribution in [0.4, 0.5) is 10.1 Å². The van der Waals surface area contributed by atoms with E-state index in [-0.39, 0.29) is 24.2 Å². The third-order valence-corrected chi connectivity index (χ3v) is 5.77. The van der Waals surface area contributed by atoms with Gasteiger partial charge in [0, 0.05) is 37.9 Å². The lowest BCUT2D eigenvalue weighted by Gasteiger charge is -2.35. The van der Waals surface area contributed by atoms with Crippen molar-refractivity contribution in [3.8, 4) is 0 Å². The first-order valence-corrected chi connectivity index (χ1v) is 10.3. The number of nitrogens with one attached hydrogen (secondary N) is 2. The minimum Gasteiger partial charge on any atom is -0.352 e. The highest BCUT2D eigenvalue weighted by Crippen LogP contribution is 2.23. The van der Waals surface area contributed by atoms with Crippen molar-refractivity contribution in [3.05, 3.63) is 30.1 Å². The van der Waals surface area contributed by atoms with Crippen molar-refractivity contribution < 1.29 is 14.0 Å². The molecule has 1 aromatic rings. The van der Waals surface area contributed by atoms with Crippen molar-refractivity contribution >= 4 is 17.5 Å². The van der Waals surface area contributed by atoms with E-state index in [1.165, 1.54) is 31.4 Å². The fourth-order valence-corrected chi connectivity index (χ4v) is 4.06. The van der Waals surface area contributed by atoms with Crippen molar-refractivity contribution in [3.63, 3.8) is 0 Å². The molecule has 1 aromatic carbocycles. The monoisotopic (exact) mass is 390 g/mol. The van der Waals surface area contributed by atoms with Crippen LogP contribution in [0.1, 0.15) is 32.6 Å². The number of benzene rings is 1. The molecule has 0 bridgehead atoms.